The van der Waals surface area contributed by atoms with E-state index in [2.05, 4.69) is 6.92 Å². The van der Waals surface area contributed by atoms with E-state index in [1.165, 1.54) is 37.1 Å². The van der Waals surface area contributed by atoms with Crippen molar-refractivity contribution in [2.24, 2.45) is 0 Å². The van der Waals surface area contributed by atoms with Gasteiger partial charge in [0.2, 0.25) is 4.38 Å². The van der Waals surface area contributed by atoms with E-state index < -0.39 is 11.6 Å². The summed E-state index contributed by atoms with van der Waals surface area (Å²) in [4.78, 5) is 12.3. The third kappa shape index (κ3) is 9.08. The molecule has 26 heavy (non-hydrogen) atoms. The van der Waals surface area contributed by atoms with Gasteiger partial charge in [-0.1, -0.05) is 50.8 Å². The molecule has 0 aliphatic carbocycles. The van der Waals surface area contributed by atoms with Crippen LogP contribution in [0.5, 0.6) is 0 Å². The molecule has 0 amide bonds. The standard InChI is InChI=1S/C20H28F2O2S2/c1-3-5-6-7-8-9-16(26-20(25)24-4-2)11-13-19(23)17-12-10-15(21)14-18(17)22/h10,12,14,16H,3-9,11,13H2,1-2H3. The fourth-order valence-corrected chi connectivity index (χ4v) is 4.17. The Balaban J connectivity index is 2.56. The van der Waals surface area contributed by atoms with Gasteiger partial charge in [0.15, 0.2) is 5.78 Å². The van der Waals surface area contributed by atoms with Gasteiger partial charge >= 0.3 is 0 Å². The molecule has 1 atom stereocenters. The molecule has 0 saturated heterocycles. The Kier molecular flexibility index (Phi) is 11.7. The maximum Gasteiger partial charge on any atom is 0.220 e. The molecule has 0 radical (unpaired) electrons. The van der Waals surface area contributed by atoms with E-state index in [4.69, 9.17) is 17.0 Å². The van der Waals surface area contributed by atoms with E-state index in [0.29, 0.717) is 17.4 Å². The number of thioether (sulfide) groups is 1. The van der Waals surface area contributed by atoms with Crippen molar-refractivity contribution in [2.45, 2.75) is 70.5 Å². The van der Waals surface area contributed by atoms with Crippen molar-refractivity contribution in [3.05, 3.63) is 35.4 Å². The molecule has 2 nitrogen and oxygen atoms in total. The molecular weight excluding hydrogens is 374 g/mol. The van der Waals surface area contributed by atoms with Crippen LogP contribution in [0, 0.1) is 11.6 Å². The Bertz CT molecular complexity index is 579. The number of benzene rings is 1. The molecule has 0 fully saturated rings. The summed E-state index contributed by atoms with van der Waals surface area (Å²) < 4.78 is 32.6. The second kappa shape index (κ2) is 13.2. The van der Waals surface area contributed by atoms with Gasteiger partial charge in [-0.3, -0.25) is 4.79 Å². The van der Waals surface area contributed by atoms with Crippen molar-refractivity contribution in [2.75, 3.05) is 6.61 Å². The lowest BCUT2D eigenvalue weighted by Gasteiger charge is -2.16. The fraction of sp³-hybridized carbons (Fsp3) is 0.600. The molecule has 0 aromatic heterocycles. The second-order valence-corrected chi connectivity index (χ2v) is 8.11. The summed E-state index contributed by atoms with van der Waals surface area (Å²) >= 11 is 6.69. The molecule has 146 valence electrons. The summed E-state index contributed by atoms with van der Waals surface area (Å²) in [6, 6.07) is 3.07. The lowest BCUT2D eigenvalue weighted by molar-refractivity contribution is 0.0975. The average molecular weight is 403 g/mol. The largest absolute Gasteiger partial charge is 0.479 e. The molecule has 1 aromatic rings. The number of Topliss-reactive ketones (excluding diaryl/α,β-unsaturated/α-hetero) is 1. The summed E-state index contributed by atoms with van der Waals surface area (Å²) in [5, 5.41) is 0.170. The Hall–Kier alpha value is -1.01. The number of thiocarbonyl (C=S) groups is 1. The predicted molar refractivity (Wildman–Crippen MR) is 109 cm³/mol. The van der Waals surface area contributed by atoms with Crippen LogP contribution in [0.4, 0.5) is 8.78 Å². The van der Waals surface area contributed by atoms with Gasteiger partial charge < -0.3 is 4.74 Å². The molecule has 1 aromatic carbocycles. The van der Waals surface area contributed by atoms with E-state index in [1.807, 2.05) is 6.92 Å². The number of unbranched alkanes of at least 4 members (excludes halogenated alkanes) is 4. The minimum Gasteiger partial charge on any atom is -0.479 e. The number of carbonyl (C=O) groups is 1. The molecule has 1 rings (SSSR count). The van der Waals surface area contributed by atoms with E-state index in [1.54, 1.807) is 0 Å². The Morgan fingerprint density at radius 1 is 1.15 bits per heavy atom. The zero-order valence-corrected chi connectivity index (χ0v) is 17.2. The number of halogens is 2. The number of ether oxygens (including phenoxy) is 1. The van der Waals surface area contributed by atoms with Crippen molar-refractivity contribution in [1.29, 1.82) is 0 Å². The summed E-state index contributed by atoms with van der Waals surface area (Å²) in [5.74, 6) is -1.79. The van der Waals surface area contributed by atoms with Crippen molar-refractivity contribution < 1.29 is 18.3 Å². The van der Waals surface area contributed by atoms with E-state index in [-0.39, 0.29) is 23.0 Å². The number of hydrogen-bond donors (Lipinski definition) is 0. The van der Waals surface area contributed by atoms with Crippen LogP contribution in [-0.4, -0.2) is 22.0 Å². The van der Waals surface area contributed by atoms with Gasteiger partial charge in [-0.2, -0.15) is 0 Å². The zero-order valence-electron chi connectivity index (χ0n) is 15.6. The van der Waals surface area contributed by atoms with Gasteiger partial charge in [0.1, 0.15) is 11.6 Å². The average Bonchev–Trinajstić information content (AvgIpc) is 2.59. The molecule has 1 unspecified atom stereocenters. The van der Waals surface area contributed by atoms with Gasteiger partial charge in [0.25, 0.3) is 0 Å². The molecule has 0 aliphatic rings. The van der Waals surface area contributed by atoms with Crippen molar-refractivity contribution in [1.82, 2.24) is 0 Å². The second-order valence-electron chi connectivity index (χ2n) is 6.21. The number of carbonyl (C=O) groups excluding carboxylic acids is 1. The van der Waals surface area contributed by atoms with Gasteiger partial charge in [0.05, 0.1) is 12.2 Å². The SMILES string of the molecule is CCCCCCCC(CCC(=O)c1ccc(F)cc1F)SC(=S)OCC. The Morgan fingerprint density at radius 2 is 1.88 bits per heavy atom. The first-order valence-corrected chi connectivity index (χ1v) is 10.6. The van der Waals surface area contributed by atoms with Crippen molar-refractivity contribution in [3.63, 3.8) is 0 Å². The maximum atomic E-state index is 13.7. The lowest BCUT2D eigenvalue weighted by Crippen LogP contribution is -2.12. The topological polar surface area (TPSA) is 26.3 Å². The van der Waals surface area contributed by atoms with Crippen LogP contribution in [0.25, 0.3) is 0 Å². The van der Waals surface area contributed by atoms with Gasteiger partial charge in [0, 0.05) is 17.7 Å². The lowest BCUT2D eigenvalue weighted by atomic mass is 10.0. The van der Waals surface area contributed by atoms with E-state index in [9.17, 15) is 13.6 Å². The molecule has 0 saturated carbocycles. The van der Waals surface area contributed by atoms with Crippen LogP contribution >= 0.6 is 24.0 Å². The fourth-order valence-electron chi connectivity index (χ4n) is 2.67. The van der Waals surface area contributed by atoms with Crippen molar-refractivity contribution >= 4 is 34.1 Å². The van der Waals surface area contributed by atoms with Gasteiger partial charge in [-0.25, -0.2) is 8.78 Å². The van der Waals surface area contributed by atoms with Crippen LogP contribution in [0.3, 0.4) is 0 Å². The van der Waals surface area contributed by atoms with Crippen LogP contribution in [0.2, 0.25) is 0 Å². The van der Waals surface area contributed by atoms with E-state index >= 15 is 0 Å². The first-order chi connectivity index (χ1) is 12.5. The number of ketones is 1. The molecule has 0 spiro atoms. The highest BCUT2D eigenvalue weighted by atomic mass is 32.2. The third-order valence-electron chi connectivity index (χ3n) is 4.08. The van der Waals surface area contributed by atoms with Crippen LogP contribution in [-0.2, 0) is 4.74 Å². The minimum atomic E-state index is -0.802. The quantitative estimate of drug-likeness (QED) is 0.220. The maximum absolute atomic E-state index is 13.7. The van der Waals surface area contributed by atoms with Crippen LogP contribution in [0.1, 0.15) is 75.6 Å². The molecule has 0 bridgehead atoms. The highest BCUT2D eigenvalue weighted by molar-refractivity contribution is 8.23. The van der Waals surface area contributed by atoms with Crippen molar-refractivity contribution in [3.8, 4) is 0 Å². The Morgan fingerprint density at radius 3 is 2.54 bits per heavy atom. The molecule has 0 heterocycles. The highest BCUT2D eigenvalue weighted by Gasteiger charge is 2.18. The Labute approximate surface area is 165 Å². The molecule has 0 aliphatic heterocycles. The normalized spacial score (nSPS) is 12.0. The minimum absolute atomic E-state index is 0.0505. The number of rotatable bonds is 12. The van der Waals surface area contributed by atoms with Crippen LogP contribution in [0.15, 0.2) is 18.2 Å². The monoisotopic (exact) mass is 402 g/mol. The van der Waals surface area contributed by atoms with Crippen LogP contribution < -0.4 is 0 Å². The van der Waals surface area contributed by atoms with Gasteiger partial charge in [-0.05, 0) is 44.1 Å². The first-order valence-electron chi connectivity index (χ1n) is 9.29. The third-order valence-corrected chi connectivity index (χ3v) is 5.60. The summed E-state index contributed by atoms with van der Waals surface area (Å²) in [6.45, 7) is 4.58. The zero-order chi connectivity index (χ0) is 19.4. The van der Waals surface area contributed by atoms with Gasteiger partial charge in [-0.15, -0.1) is 0 Å². The summed E-state index contributed by atoms with van der Waals surface area (Å²) in [6.07, 6.45) is 7.63. The predicted octanol–water partition coefficient (Wildman–Crippen LogP) is 6.71. The molecular formula is C20H28F2O2S2. The molecule has 0 N–H and O–H groups in total. The highest BCUT2D eigenvalue weighted by Crippen LogP contribution is 2.26. The molecule has 6 heteroatoms. The number of hydrogen-bond acceptors (Lipinski definition) is 4. The summed E-state index contributed by atoms with van der Waals surface area (Å²) in [7, 11) is 0. The first kappa shape index (κ1) is 23.0. The smallest absolute Gasteiger partial charge is 0.220 e. The van der Waals surface area contributed by atoms with E-state index in [0.717, 1.165) is 31.4 Å². The summed E-state index contributed by atoms with van der Waals surface area (Å²) in [5.41, 5.74) is -0.0505.